The fraction of sp³-hybridized carbons (Fsp3) is 0.389. The first-order chi connectivity index (χ1) is 13.1. The zero-order valence-corrected chi connectivity index (χ0v) is 15.3. The minimum Gasteiger partial charge on any atom is -0.374 e. The number of hydrogen-bond acceptors (Lipinski definition) is 9. The minimum absolute atomic E-state index is 0.0659. The fourth-order valence-corrected chi connectivity index (χ4v) is 3.11. The summed E-state index contributed by atoms with van der Waals surface area (Å²) in [5.41, 5.74) is 8.41. The smallest absolute Gasteiger partial charge is 0.276 e. The number of aryl methyl sites for hydroxylation is 1. The van der Waals surface area contributed by atoms with Crippen molar-refractivity contribution < 1.29 is 9.26 Å². The first kappa shape index (κ1) is 17.3. The maximum Gasteiger partial charge on any atom is 0.276 e. The van der Waals surface area contributed by atoms with Crippen LogP contribution in [0.4, 0.5) is 11.8 Å². The summed E-state index contributed by atoms with van der Waals surface area (Å²) in [5.74, 6) is 2.15. The average Bonchev–Trinajstić information content (AvgIpc) is 3.14. The van der Waals surface area contributed by atoms with E-state index in [9.17, 15) is 0 Å². The van der Waals surface area contributed by atoms with Gasteiger partial charge in [-0.25, -0.2) is 4.98 Å². The van der Waals surface area contributed by atoms with E-state index in [4.69, 9.17) is 15.0 Å². The Morgan fingerprint density at radius 2 is 2.11 bits per heavy atom. The van der Waals surface area contributed by atoms with Gasteiger partial charge in [-0.1, -0.05) is 11.2 Å². The molecule has 0 radical (unpaired) electrons. The maximum absolute atomic E-state index is 5.90. The summed E-state index contributed by atoms with van der Waals surface area (Å²) in [6, 6.07) is 5.56. The van der Waals surface area contributed by atoms with Crippen molar-refractivity contribution in [3.63, 3.8) is 0 Å². The molecule has 1 saturated heterocycles. The van der Waals surface area contributed by atoms with Crippen molar-refractivity contribution >= 4 is 11.8 Å². The molecule has 2 N–H and O–H groups in total. The molecule has 3 aromatic rings. The second-order valence-corrected chi connectivity index (χ2v) is 6.49. The van der Waals surface area contributed by atoms with E-state index in [2.05, 4.69) is 30.0 Å². The van der Waals surface area contributed by atoms with Gasteiger partial charge in [-0.15, -0.1) is 0 Å². The van der Waals surface area contributed by atoms with Crippen molar-refractivity contribution in [1.82, 2.24) is 25.1 Å². The minimum atomic E-state index is -0.0659. The first-order valence-corrected chi connectivity index (χ1v) is 8.81. The molecule has 4 rings (SSSR count). The monoisotopic (exact) mass is 367 g/mol. The SMILES string of the molecule is Cc1nc(N)nc(N2CCO[C@@H](Cc3noc(-c4ccccn4)n3)C2)c1C. The van der Waals surface area contributed by atoms with Crippen LogP contribution in [0.15, 0.2) is 28.9 Å². The van der Waals surface area contributed by atoms with Crippen LogP contribution in [0.3, 0.4) is 0 Å². The highest BCUT2D eigenvalue weighted by Gasteiger charge is 2.25. The molecule has 1 fully saturated rings. The highest BCUT2D eigenvalue weighted by Crippen LogP contribution is 2.23. The van der Waals surface area contributed by atoms with Gasteiger partial charge in [0.1, 0.15) is 11.5 Å². The van der Waals surface area contributed by atoms with Crippen LogP contribution in [0.1, 0.15) is 17.1 Å². The number of aromatic nitrogens is 5. The number of nitrogens with zero attached hydrogens (tertiary/aromatic N) is 6. The molecule has 1 aliphatic rings. The summed E-state index contributed by atoms with van der Waals surface area (Å²) < 4.78 is 11.2. The van der Waals surface area contributed by atoms with Crippen LogP contribution in [0.2, 0.25) is 0 Å². The Labute approximate surface area is 156 Å². The topological polar surface area (TPSA) is 116 Å². The third kappa shape index (κ3) is 3.72. The summed E-state index contributed by atoms with van der Waals surface area (Å²) in [6.07, 6.45) is 2.17. The molecule has 140 valence electrons. The van der Waals surface area contributed by atoms with Gasteiger partial charge in [0.25, 0.3) is 5.89 Å². The molecule has 0 aromatic carbocycles. The largest absolute Gasteiger partial charge is 0.374 e. The number of ether oxygens (including phenoxy) is 1. The molecule has 0 spiro atoms. The van der Waals surface area contributed by atoms with Gasteiger partial charge >= 0.3 is 0 Å². The van der Waals surface area contributed by atoms with Crippen molar-refractivity contribution in [2.24, 2.45) is 0 Å². The maximum atomic E-state index is 5.90. The van der Waals surface area contributed by atoms with Crippen LogP contribution >= 0.6 is 0 Å². The van der Waals surface area contributed by atoms with Gasteiger partial charge in [0, 0.05) is 37.0 Å². The zero-order chi connectivity index (χ0) is 18.8. The summed E-state index contributed by atoms with van der Waals surface area (Å²) >= 11 is 0. The Balaban J connectivity index is 1.47. The Bertz CT molecular complexity index is 929. The summed E-state index contributed by atoms with van der Waals surface area (Å²) in [5, 5.41) is 4.06. The lowest BCUT2D eigenvalue weighted by molar-refractivity contribution is 0.0392. The van der Waals surface area contributed by atoms with E-state index in [0.717, 1.165) is 23.6 Å². The van der Waals surface area contributed by atoms with Crippen molar-refractivity contribution in [2.75, 3.05) is 30.3 Å². The van der Waals surface area contributed by atoms with Gasteiger partial charge in [-0.2, -0.15) is 9.97 Å². The molecule has 9 nitrogen and oxygen atoms in total. The van der Waals surface area contributed by atoms with Crippen LogP contribution in [-0.2, 0) is 11.2 Å². The van der Waals surface area contributed by atoms with E-state index in [1.807, 2.05) is 32.0 Å². The lowest BCUT2D eigenvalue weighted by Crippen LogP contribution is -2.44. The summed E-state index contributed by atoms with van der Waals surface area (Å²) in [7, 11) is 0. The Morgan fingerprint density at radius 3 is 2.93 bits per heavy atom. The third-order valence-electron chi connectivity index (χ3n) is 4.58. The third-order valence-corrected chi connectivity index (χ3v) is 4.58. The highest BCUT2D eigenvalue weighted by molar-refractivity contribution is 5.51. The molecule has 4 heterocycles. The Hall–Kier alpha value is -3.07. The number of anilines is 2. The van der Waals surface area contributed by atoms with Gasteiger partial charge in [0.05, 0.1) is 12.7 Å². The molecule has 0 amide bonds. The number of pyridine rings is 1. The predicted molar refractivity (Wildman–Crippen MR) is 99.1 cm³/mol. The summed E-state index contributed by atoms with van der Waals surface area (Å²) in [6.45, 7) is 5.96. The number of rotatable bonds is 4. The molecular formula is C18H21N7O2. The molecule has 0 aliphatic carbocycles. The van der Waals surface area contributed by atoms with Crippen LogP contribution in [0, 0.1) is 13.8 Å². The van der Waals surface area contributed by atoms with E-state index < -0.39 is 0 Å². The number of nitrogens with two attached hydrogens (primary N) is 1. The van der Waals surface area contributed by atoms with Gasteiger partial charge in [0.2, 0.25) is 5.95 Å². The van der Waals surface area contributed by atoms with Crippen molar-refractivity contribution in [3.8, 4) is 11.6 Å². The molecule has 1 atom stereocenters. The van der Waals surface area contributed by atoms with Crippen LogP contribution in [0.5, 0.6) is 0 Å². The van der Waals surface area contributed by atoms with Gasteiger partial charge in [-0.05, 0) is 26.0 Å². The molecule has 0 saturated carbocycles. The van der Waals surface area contributed by atoms with Gasteiger partial charge in [0.15, 0.2) is 5.82 Å². The van der Waals surface area contributed by atoms with Crippen molar-refractivity contribution in [1.29, 1.82) is 0 Å². The van der Waals surface area contributed by atoms with E-state index in [0.29, 0.717) is 37.0 Å². The molecule has 0 unspecified atom stereocenters. The molecule has 9 heteroatoms. The van der Waals surface area contributed by atoms with E-state index in [1.54, 1.807) is 6.20 Å². The molecule has 1 aliphatic heterocycles. The van der Waals surface area contributed by atoms with Gasteiger partial charge < -0.3 is 19.9 Å². The van der Waals surface area contributed by atoms with Crippen LogP contribution < -0.4 is 10.6 Å². The lowest BCUT2D eigenvalue weighted by atomic mass is 10.1. The Kier molecular flexibility index (Phi) is 4.68. The molecular weight excluding hydrogens is 346 g/mol. The van der Waals surface area contributed by atoms with E-state index >= 15 is 0 Å². The van der Waals surface area contributed by atoms with Gasteiger partial charge in [-0.3, -0.25) is 4.98 Å². The van der Waals surface area contributed by atoms with Crippen LogP contribution in [-0.4, -0.2) is 50.9 Å². The number of nitrogen functional groups attached to an aromatic ring is 1. The second-order valence-electron chi connectivity index (χ2n) is 6.49. The van der Waals surface area contributed by atoms with Crippen LogP contribution in [0.25, 0.3) is 11.6 Å². The fourth-order valence-electron chi connectivity index (χ4n) is 3.11. The Morgan fingerprint density at radius 1 is 1.22 bits per heavy atom. The molecule has 3 aromatic heterocycles. The summed E-state index contributed by atoms with van der Waals surface area (Å²) in [4.78, 5) is 19.5. The number of morpholine rings is 1. The van der Waals surface area contributed by atoms with Crippen molar-refractivity contribution in [3.05, 3.63) is 41.5 Å². The standard InChI is InChI=1S/C18H21N7O2/c1-11-12(2)21-18(19)23-16(11)25-7-8-26-13(10-25)9-15-22-17(27-24-15)14-5-3-4-6-20-14/h3-6,13H,7-10H2,1-2H3,(H2,19,21,23)/t13-/m0/s1. The molecule has 27 heavy (non-hydrogen) atoms. The zero-order valence-electron chi connectivity index (χ0n) is 15.3. The number of hydrogen-bond donors (Lipinski definition) is 1. The quantitative estimate of drug-likeness (QED) is 0.733. The molecule has 0 bridgehead atoms. The second kappa shape index (κ2) is 7.28. The first-order valence-electron chi connectivity index (χ1n) is 8.81. The average molecular weight is 367 g/mol. The van der Waals surface area contributed by atoms with E-state index in [1.165, 1.54) is 0 Å². The highest BCUT2D eigenvalue weighted by atomic mass is 16.5. The van der Waals surface area contributed by atoms with E-state index in [-0.39, 0.29) is 12.1 Å². The lowest BCUT2D eigenvalue weighted by Gasteiger charge is -2.34. The normalized spacial score (nSPS) is 17.3. The predicted octanol–water partition coefficient (Wildman–Crippen LogP) is 1.57. The van der Waals surface area contributed by atoms with Crippen molar-refractivity contribution in [2.45, 2.75) is 26.4 Å².